The van der Waals surface area contributed by atoms with Crippen LogP contribution in [0.1, 0.15) is 30.9 Å². The van der Waals surface area contributed by atoms with Gasteiger partial charge in [0.05, 0.1) is 30.6 Å². The molecule has 0 bridgehead atoms. The summed E-state index contributed by atoms with van der Waals surface area (Å²) in [4.78, 5) is 19.1. The van der Waals surface area contributed by atoms with Crippen molar-refractivity contribution in [2.75, 3.05) is 37.0 Å². The van der Waals surface area contributed by atoms with Crippen molar-refractivity contribution in [1.29, 1.82) is 0 Å². The molecule has 1 aliphatic carbocycles. The van der Waals surface area contributed by atoms with Gasteiger partial charge >= 0.3 is 6.18 Å². The molecule has 3 aromatic rings. The van der Waals surface area contributed by atoms with E-state index >= 15 is 0 Å². The number of methoxy groups -OCH3 is 1. The van der Waals surface area contributed by atoms with Gasteiger partial charge < -0.3 is 29.7 Å². The number of rotatable bonds is 6. The Labute approximate surface area is 198 Å². The van der Waals surface area contributed by atoms with Gasteiger partial charge in [-0.05, 0) is 31.4 Å². The molecular formula is C22H26F3N7O3. The van der Waals surface area contributed by atoms with E-state index in [4.69, 9.17) is 4.74 Å². The quantitative estimate of drug-likeness (QED) is 0.473. The normalized spacial score (nSPS) is 27.1. The molecule has 1 aliphatic heterocycles. The summed E-state index contributed by atoms with van der Waals surface area (Å²) in [7, 11) is 1.47. The van der Waals surface area contributed by atoms with Crippen LogP contribution in [0.5, 0.6) is 0 Å². The topological polar surface area (TPSA) is 121 Å². The highest BCUT2D eigenvalue weighted by Gasteiger charge is 2.50. The van der Waals surface area contributed by atoms with Crippen LogP contribution in [0.3, 0.4) is 0 Å². The molecule has 188 valence electrons. The minimum Gasteiger partial charge on any atom is -0.390 e. The first-order valence-corrected chi connectivity index (χ1v) is 11.3. The lowest BCUT2D eigenvalue weighted by Crippen LogP contribution is -2.47. The number of fused-ring (bicyclic) bond motifs is 1. The second-order valence-electron chi connectivity index (χ2n) is 9.06. The van der Waals surface area contributed by atoms with E-state index in [0.717, 1.165) is 18.7 Å². The predicted octanol–water partition coefficient (Wildman–Crippen LogP) is 2.00. The van der Waals surface area contributed by atoms with Gasteiger partial charge in [0.1, 0.15) is 23.3 Å². The van der Waals surface area contributed by atoms with Gasteiger partial charge in [0, 0.05) is 32.4 Å². The average Bonchev–Trinajstić information content (AvgIpc) is 3.53. The number of anilines is 2. The Hall–Kier alpha value is -3.03. The van der Waals surface area contributed by atoms with Gasteiger partial charge in [-0.15, -0.1) is 0 Å². The molecule has 3 aromatic heterocycles. The second-order valence-corrected chi connectivity index (χ2v) is 9.06. The van der Waals surface area contributed by atoms with Gasteiger partial charge in [0.2, 0.25) is 0 Å². The molecule has 2 fully saturated rings. The van der Waals surface area contributed by atoms with Crippen molar-refractivity contribution in [1.82, 2.24) is 24.5 Å². The van der Waals surface area contributed by atoms with Crippen LogP contribution in [0.15, 0.2) is 31.0 Å². The molecule has 5 rings (SSSR count). The van der Waals surface area contributed by atoms with E-state index < -0.39 is 29.5 Å². The Morgan fingerprint density at radius 3 is 2.71 bits per heavy atom. The van der Waals surface area contributed by atoms with Crippen LogP contribution >= 0.6 is 0 Å². The van der Waals surface area contributed by atoms with Crippen molar-refractivity contribution in [3.05, 3.63) is 36.5 Å². The van der Waals surface area contributed by atoms with Crippen LogP contribution in [0, 0.1) is 0 Å². The summed E-state index contributed by atoms with van der Waals surface area (Å²) in [5, 5.41) is 24.8. The molecule has 0 aromatic carbocycles. The molecule has 0 radical (unpaired) electrons. The number of nitrogens with zero attached hydrogens (tertiary/aromatic N) is 6. The number of nitrogens with one attached hydrogen (secondary N) is 1. The van der Waals surface area contributed by atoms with E-state index in [9.17, 15) is 23.4 Å². The highest BCUT2D eigenvalue weighted by molar-refractivity contribution is 5.83. The Morgan fingerprint density at radius 2 is 2.00 bits per heavy atom. The zero-order valence-corrected chi connectivity index (χ0v) is 19.0. The third-order valence-corrected chi connectivity index (χ3v) is 6.87. The lowest BCUT2D eigenvalue weighted by molar-refractivity contribution is -0.137. The minimum absolute atomic E-state index is 0.0232. The monoisotopic (exact) mass is 493 g/mol. The summed E-state index contributed by atoms with van der Waals surface area (Å²) in [6.07, 6.45) is 0.200. The number of hydrogen-bond donors (Lipinski definition) is 3. The molecule has 1 saturated carbocycles. The average molecular weight is 493 g/mol. The van der Waals surface area contributed by atoms with Crippen LogP contribution in [0.4, 0.5) is 24.8 Å². The number of pyridine rings is 1. The van der Waals surface area contributed by atoms with Crippen LogP contribution in [0.25, 0.3) is 11.2 Å². The molecule has 3 unspecified atom stereocenters. The van der Waals surface area contributed by atoms with Crippen molar-refractivity contribution in [3.8, 4) is 0 Å². The molecule has 0 spiro atoms. The van der Waals surface area contributed by atoms with Gasteiger partial charge in [0.25, 0.3) is 0 Å². The maximum absolute atomic E-state index is 12.8. The summed E-state index contributed by atoms with van der Waals surface area (Å²) in [6, 6.07) is 1.93. The largest absolute Gasteiger partial charge is 0.417 e. The summed E-state index contributed by atoms with van der Waals surface area (Å²) < 4.78 is 45.4. The van der Waals surface area contributed by atoms with Crippen molar-refractivity contribution >= 4 is 22.8 Å². The fourth-order valence-electron chi connectivity index (χ4n) is 5.05. The summed E-state index contributed by atoms with van der Waals surface area (Å²) in [5.41, 5.74) is -1.18. The van der Waals surface area contributed by atoms with Gasteiger partial charge in [-0.25, -0.2) is 19.9 Å². The van der Waals surface area contributed by atoms with E-state index in [-0.39, 0.29) is 12.6 Å². The van der Waals surface area contributed by atoms with Crippen LogP contribution in [-0.4, -0.2) is 79.3 Å². The number of aromatic nitrogens is 5. The Kier molecular flexibility index (Phi) is 6.01. The number of alkyl halides is 3. The number of hydrogen-bond acceptors (Lipinski definition) is 9. The minimum atomic E-state index is -4.42. The van der Waals surface area contributed by atoms with Gasteiger partial charge in [-0.1, -0.05) is 0 Å². The predicted molar refractivity (Wildman–Crippen MR) is 120 cm³/mol. The summed E-state index contributed by atoms with van der Waals surface area (Å²) >= 11 is 0. The Morgan fingerprint density at radius 1 is 1.17 bits per heavy atom. The van der Waals surface area contributed by atoms with Crippen molar-refractivity contribution in [2.45, 2.75) is 49.2 Å². The second kappa shape index (κ2) is 8.88. The van der Waals surface area contributed by atoms with E-state index in [1.165, 1.54) is 19.5 Å². The number of aliphatic hydroxyl groups excluding tert-OH is 1. The highest BCUT2D eigenvalue weighted by atomic mass is 19.4. The molecule has 2 aliphatic rings. The zero-order valence-electron chi connectivity index (χ0n) is 19.0. The third-order valence-electron chi connectivity index (χ3n) is 6.87. The maximum atomic E-state index is 12.8. The molecule has 13 heteroatoms. The third kappa shape index (κ3) is 4.28. The van der Waals surface area contributed by atoms with E-state index in [1.54, 1.807) is 10.9 Å². The molecular weight excluding hydrogens is 467 g/mol. The van der Waals surface area contributed by atoms with E-state index in [0.29, 0.717) is 48.7 Å². The highest BCUT2D eigenvalue weighted by Crippen LogP contribution is 2.41. The van der Waals surface area contributed by atoms with E-state index in [2.05, 4.69) is 25.3 Å². The fraction of sp³-hybridized carbons (Fsp3) is 0.545. The summed E-state index contributed by atoms with van der Waals surface area (Å²) in [5.74, 6) is 1.01. The Balaban J connectivity index is 1.33. The SMILES string of the molecule is COCC1(O)C(O)CCC1n1cnc2c(N[C@H]3CCN(c4ccc(C(F)(F)F)cn4)C3)ncnc21. The van der Waals surface area contributed by atoms with Crippen LogP contribution < -0.4 is 10.2 Å². The molecule has 35 heavy (non-hydrogen) atoms. The first kappa shape index (κ1) is 23.7. The standard InChI is InChI=1S/C22H26F3N7O3/c1-35-10-21(34)15(3-4-16(21)33)32-12-29-18-19(27-11-28-20(18)32)30-14-6-7-31(9-14)17-5-2-13(8-26-17)22(23,24)25/h2,5,8,11-12,14-16,33-34H,3-4,6-7,9-10H2,1H3,(H,27,28,30)/t14-,15?,16?,21?/m0/s1. The maximum Gasteiger partial charge on any atom is 0.417 e. The van der Waals surface area contributed by atoms with Gasteiger partial charge in [-0.3, -0.25) is 0 Å². The lowest BCUT2D eigenvalue weighted by Gasteiger charge is -2.32. The zero-order chi connectivity index (χ0) is 24.8. The van der Waals surface area contributed by atoms with Crippen molar-refractivity contribution in [3.63, 3.8) is 0 Å². The Bertz CT molecular complexity index is 1190. The molecule has 1 saturated heterocycles. The number of aliphatic hydroxyl groups is 2. The van der Waals surface area contributed by atoms with Gasteiger partial charge in [-0.2, -0.15) is 13.2 Å². The van der Waals surface area contributed by atoms with Crippen molar-refractivity contribution in [2.24, 2.45) is 0 Å². The molecule has 3 N–H and O–H groups in total. The number of halogens is 3. The number of ether oxygens (including phenoxy) is 1. The first-order chi connectivity index (χ1) is 16.7. The molecule has 4 atom stereocenters. The first-order valence-electron chi connectivity index (χ1n) is 11.3. The number of imidazole rings is 1. The van der Waals surface area contributed by atoms with Crippen LogP contribution in [-0.2, 0) is 10.9 Å². The summed E-state index contributed by atoms with van der Waals surface area (Å²) in [6.45, 7) is 1.14. The molecule has 4 heterocycles. The van der Waals surface area contributed by atoms with E-state index in [1.807, 2.05) is 4.90 Å². The lowest BCUT2D eigenvalue weighted by atomic mass is 9.96. The molecule has 0 amide bonds. The van der Waals surface area contributed by atoms with Crippen LogP contribution in [0.2, 0.25) is 0 Å². The molecule has 10 nitrogen and oxygen atoms in total. The van der Waals surface area contributed by atoms with Crippen molar-refractivity contribution < 1.29 is 28.1 Å². The van der Waals surface area contributed by atoms with Gasteiger partial charge in [0.15, 0.2) is 11.5 Å². The fourth-order valence-corrected chi connectivity index (χ4v) is 5.05. The smallest absolute Gasteiger partial charge is 0.390 e.